The van der Waals surface area contributed by atoms with Gasteiger partial charge in [0.05, 0.1) is 15.6 Å². The molecule has 26 heavy (non-hydrogen) atoms. The largest absolute Gasteiger partial charge is 0.350 e. The molecule has 0 spiro atoms. The summed E-state index contributed by atoms with van der Waals surface area (Å²) in [6, 6.07) is 8.04. The number of rotatable bonds is 7. The smallest absolute Gasteiger partial charge is 0.240 e. The Morgan fingerprint density at radius 2 is 2.08 bits per heavy atom. The molecule has 1 aliphatic rings. The van der Waals surface area contributed by atoms with Gasteiger partial charge in [-0.15, -0.1) is 23.1 Å². The van der Waals surface area contributed by atoms with Gasteiger partial charge in [0.1, 0.15) is 12.4 Å². The number of unbranched alkanes of at least 4 members (excludes halogenated alkanes) is 1. The zero-order chi connectivity index (χ0) is 18.5. The fourth-order valence-corrected chi connectivity index (χ4v) is 5.08. The fraction of sp³-hybridized carbons (Fsp3) is 0.368. The minimum atomic E-state index is -0.305. The van der Waals surface area contributed by atoms with Crippen molar-refractivity contribution in [1.29, 1.82) is 0 Å². The van der Waals surface area contributed by atoms with Crippen molar-refractivity contribution in [1.82, 2.24) is 5.32 Å². The SMILES string of the molecule is CCCCc1cc2c(s1)SCC(=O)N2CC(=O)NCc1ccc(F)cc1. The van der Waals surface area contributed by atoms with E-state index in [0.29, 0.717) is 12.3 Å². The Balaban J connectivity index is 1.63. The second-order valence-corrected chi connectivity index (χ2v) is 8.54. The van der Waals surface area contributed by atoms with Crippen molar-refractivity contribution in [2.45, 2.75) is 36.9 Å². The summed E-state index contributed by atoms with van der Waals surface area (Å²) in [4.78, 5) is 27.5. The Hall–Kier alpha value is -1.86. The molecule has 2 heterocycles. The lowest BCUT2D eigenvalue weighted by Gasteiger charge is -2.25. The summed E-state index contributed by atoms with van der Waals surface area (Å²) < 4.78 is 14.0. The molecule has 1 aromatic heterocycles. The van der Waals surface area contributed by atoms with Gasteiger partial charge >= 0.3 is 0 Å². The molecule has 1 aromatic carbocycles. The van der Waals surface area contributed by atoms with Crippen LogP contribution in [-0.4, -0.2) is 24.1 Å². The predicted octanol–water partition coefficient (Wildman–Crippen LogP) is 3.98. The van der Waals surface area contributed by atoms with E-state index in [-0.39, 0.29) is 24.2 Å². The van der Waals surface area contributed by atoms with Gasteiger partial charge in [-0.25, -0.2) is 4.39 Å². The number of hydrogen-bond acceptors (Lipinski definition) is 4. The number of carbonyl (C=O) groups is 2. The molecule has 4 nitrogen and oxygen atoms in total. The van der Waals surface area contributed by atoms with Crippen LogP contribution in [0.5, 0.6) is 0 Å². The summed E-state index contributed by atoms with van der Waals surface area (Å²) in [5.41, 5.74) is 1.68. The number of benzene rings is 1. The summed E-state index contributed by atoms with van der Waals surface area (Å²) in [7, 11) is 0. The highest BCUT2D eigenvalue weighted by Crippen LogP contribution is 2.42. The van der Waals surface area contributed by atoms with Gasteiger partial charge in [0.15, 0.2) is 0 Å². The van der Waals surface area contributed by atoms with Crippen LogP contribution in [0.1, 0.15) is 30.2 Å². The molecule has 0 atom stereocenters. The second kappa shape index (κ2) is 8.68. The van der Waals surface area contributed by atoms with Crippen LogP contribution in [-0.2, 0) is 22.6 Å². The van der Waals surface area contributed by atoms with Crippen molar-refractivity contribution in [2.24, 2.45) is 0 Å². The van der Waals surface area contributed by atoms with E-state index >= 15 is 0 Å². The van der Waals surface area contributed by atoms with Gasteiger partial charge in [-0.3, -0.25) is 9.59 Å². The zero-order valence-electron chi connectivity index (χ0n) is 14.6. The van der Waals surface area contributed by atoms with Crippen molar-refractivity contribution >= 4 is 40.6 Å². The molecule has 0 saturated heterocycles. The molecule has 0 unspecified atom stereocenters. The van der Waals surface area contributed by atoms with E-state index < -0.39 is 0 Å². The second-order valence-electron chi connectivity index (χ2n) is 6.16. The normalized spacial score (nSPS) is 13.6. The molecule has 2 amide bonds. The topological polar surface area (TPSA) is 49.4 Å². The molecule has 0 saturated carbocycles. The number of fused-ring (bicyclic) bond motifs is 1. The lowest BCUT2D eigenvalue weighted by atomic mass is 10.2. The van der Waals surface area contributed by atoms with Crippen LogP contribution in [0.15, 0.2) is 34.5 Å². The van der Waals surface area contributed by atoms with E-state index in [1.807, 2.05) is 6.07 Å². The van der Waals surface area contributed by atoms with Crippen molar-refractivity contribution < 1.29 is 14.0 Å². The van der Waals surface area contributed by atoms with Crippen LogP contribution in [0.4, 0.5) is 10.1 Å². The first-order chi connectivity index (χ1) is 12.6. The molecule has 1 N–H and O–H groups in total. The summed E-state index contributed by atoms with van der Waals surface area (Å²) >= 11 is 3.28. The number of nitrogens with zero attached hydrogens (tertiary/aromatic N) is 1. The Morgan fingerprint density at radius 3 is 2.81 bits per heavy atom. The van der Waals surface area contributed by atoms with Gasteiger partial charge in [-0.1, -0.05) is 25.5 Å². The number of nitrogens with one attached hydrogen (secondary N) is 1. The van der Waals surface area contributed by atoms with Gasteiger partial charge in [0.2, 0.25) is 11.8 Å². The van der Waals surface area contributed by atoms with Crippen LogP contribution in [0.2, 0.25) is 0 Å². The summed E-state index contributed by atoms with van der Waals surface area (Å²) in [5, 5.41) is 2.80. The Bertz CT molecular complexity index is 789. The van der Waals surface area contributed by atoms with Gasteiger partial charge in [0.25, 0.3) is 0 Å². The lowest BCUT2D eigenvalue weighted by Crippen LogP contribution is -2.42. The molecule has 0 aliphatic carbocycles. The maximum Gasteiger partial charge on any atom is 0.240 e. The van der Waals surface area contributed by atoms with E-state index in [4.69, 9.17) is 0 Å². The molecule has 138 valence electrons. The molecule has 0 bridgehead atoms. The van der Waals surface area contributed by atoms with E-state index in [1.165, 1.54) is 17.0 Å². The molecule has 2 aromatic rings. The number of carbonyl (C=O) groups excluding carboxylic acids is 2. The van der Waals surface area contributed by atoms with E-state index in [0.717, 1.165) is 34.7 Å². The van der Waals surface area contributed by atoms with Crippen LogP contribution < -0.4 is 10.2 Å². The first kappa shape index (κ1) is 18.9. The zero-order valence-corrected chi connectivity index (χ0v) is 16.2. The number of hydrogen-bond donors (Lipinski definition) is 1. The third kappa shape index (κ3) is 4.65. The van der Waals surface area contributed by atoms with Crippen molar-refractivity contribution in [3.8, 4) is 0 Å². The monoisotopic (exact) mass is 392 g/mol. The van der Waals surface area contributed by atoms with Crippen LogP contribution in [0.3, 0.4) is 0 Å². The first-order valence-electron chi connectivity index (χ1n) is 8.64. The average Bonchev–Trinajstić information content (AvgIpc) is 3.05. The molecular formula is C19H21FN2O2S2. The Kier molecular flexibility index (Phi) is 6.32. The highest BCUT2D eigenvalue weighted by Gasteiger charge is 2.28. The van der Waals surface area contributed by atoms with Crippen LogP contribution >= 0.6 is 23.1 Å². The highest BCUT2D eigenvalue weighted by atomic mass is 32.2. The fourth-order valence-electron chi connectivity index (χ4n) is 2.69. The molecule has 1 aliphatic heterocycles. The average molecular weight is 393 g/mol. The van der Waals surface area contributed by atoms with Crippen molar-refractivity contribution in [3.05, 3.63) is 46.6 Å². The number of thiophene rings is 1. The number of anilines is 1. The molecule has 3 rings (SSSR count). The van der Waals surface area contributed by atoms with Crippen LogP contribution in [0.25, 0.3) is 0 Å². The van der Waals surface area contributed by atoms with Gasteiger partial charge in [-0.05, 0) is 36.6 Å². The standard InChI is InChI=1S/C19H21FN2O2S2/c1-2-3-4-15-9-16-19(26-15)25-12-18(24)22(16)11-17(23)21-10-13-5-7-14(20)8-6-13/h5-9H,2-4,10-12H2,1H3,(H,21,23). The maximum absolute atomic E-state index is 12.9. The molecule has 7 heteroatoms. The van der Waals surface area contributed by atoms with Gasteiger partial charge in [-0.2, -0.15) is 0 Å². The highest BCUT2D eigenvalue weighted by molar-refractivity contribution is 8.02. The molecular weight excluding hydrogens is 371 g/mol. The summed E-state index contributed by atoms with van der Waals surface area (Å²) in [6.07, 6.45) is 3.26. The summed E-state index contributed by atoms with van der Waals surface area (Å²) in [6.45, 7) is 2.48. The number of thioether (sulfide) groups is 1. The lowest BCUT2D eigenvalue weighted by molar-refractivity contribution is -0.123. The number of aryl methyl sites for hydroxylation is 1. The minimum Gasteiger partial charge on any atom is -0.350 e. The molecule has 0 radical (unpaired) electrons. The minimum absolute atomic E-state index is 0.0114. The van der Waals surface area contributed by atoms with Crippen LogP contribution in [0, 0.1) is 5.82 Å². The van der Waals surface area contributed by atoms with E-state index in [9.17, 15) is 14.0 Å². The quantitative estimate of drug-likeness (QED) is 0.775. The Morgan fingerprint density at radius 1 is 1.31 bits per heavy atom. The number of halogens is 1. The van der Waals surface area contributed by atoms with E-state index in [1.54, 1.807) is 40.1 Å². The van der Waals surface area contributed by atoms with Crippen molar-refractivity contribution in [2.75, 3.05) is 17.2 Å². The maximum atomic E-state index is 12.9. The number of amides is 2. The van der Waals surface area contributed by atoms with Crippen molar-refractivity contribution in [3.63, 3.8) is 0 Å². The van der Waals surface area contributed by atoms with Gasteiger partial charge in [0, 0.05) is 11.4 Å². The Labute approximate surface area is 160 Å². The predicted molar refractivity (Wildman–Crippen MR) is 104 cm³/mol. The van der Waals surface area contributed by atoms with Gasteiger partial charge < -0.3 is 10.2 Å². The summed E-state index contributed by atoms with van der Waals surface area (Å²) in [5.74, 6) is -0.201. The molecule has 0 fully saturated rings. The third-order valence-electron chi connectivity index (χ3n) is 4.13. The van der Waals surface area contributed by atoms with E-state index in [2.05, 4.69) is 12.2 Å². The first-order valence-corrected chi connectivity index (χ1v) is 10.4. The third-order valence-corrected chi connectivity index (χ3v) is 6.58.